The van der Waals surface area contributed by atoms with Crippen molar-refractivity contribution in [3.05, 3.63) is 24.0 Å². The summed E-state index contributed by atoms with van der Waals surface area (Å²) in [5, 5.41) is 0. The lowest BCUT2D eigenvalue weighted by Crippen LogP contribution is -2.32. The standard InChI is InChI=1S/C10H13NO2/c1-8-2-4-11-6-10(8)13-7-9-3-5-12-9/h2,4,6,9H,3,5,7H2,1H3. The predicted octanol–water partition coefficient (Wildman–Crippen LogP) is 1.56. The van der Waals surface area contributed by atoms with E-state index in [9.17, 15) is 0 Å². The lowest BCUT2D eigenvalue weighted by Gasteiger charge is -2.26. The van der Waals surface area contributed by atoms with E-state index in [0.717, 1.165) is 24.3 Å². The molecule has 0 spiro atoms. The fourth-order valence-electron chi connectivity index (χ4n) is 1.20. The molecule has 0 aliphatic carbocycles. The summed E-state index contributed by atoms with van der Waals surface area (Å²) in [5.41, 5.74) is 1.12. The molecule has 1 fully saturated rings. The minimum absolute atomic E-state index is 0.291. The number of hydrogen-bond acceptors (Lipinski definition) is 3. The second-order valence-electron chi connectivity index (χ2n) is 3.23. The van der Waals surface area contributed by atoms with Gasteiger partial charge in [0.15, 0.2) is 0 Å². The van der Waals surface area contributed by atoms with Crippen LogP contribution in [0.2, 0.25) is 0 Å². The molecule has 70 valence electrons. The van der Waals surface area contributed by atoms with Crippen molar-refractivity contribution >= 4 is 0 Å². The van der Waals surface area contributed by atoms with Crippen molar-refractivity contribution in [3.63, 3.8) is 0 Å². The summed E-state index contributed by atoms with van der Waals surface area (Å²) in [7, 11) is 0. The maximum Gasteiger partial charge on any atom is 0.140 e. The molecule has 1 saturated heterocycles. The van der Waals surface area contributed by atoms with Gasteiger partial charge in [0.25, 0.3) is 0 Å². The third kappa shape index (κ3) is 1.98. The molecule has 0 N–H and O–H groups in total. The van der Waals surface area contributed by atoms with Gasteiger partial charge in [0, 0.05) is 19.2 Å². The number of pyridine rings is 1. The lowest BCUT2D eigenvalue weighted by atomic mass is 10.2. The number of rotatable bonds is 3. The minimum atomic E-state index is 0.291. The smallest absolute Gasteiger partial charge is 0.140 e. The fourth-order valence-corrected chi connectivity index (χ4v) is 1.20. The molecule has 1 aliphatic rings. The van der Waals surface area contributed by atoms with Crippen molar-refractivity contribution in [2.45, 2.75) is 19.4 Å². The van der Waals surface area contributed by atoms with Gasteiger partial charge in [-0.15, -0.1) is 0 Å². The maximum atomic E-state index is 5.55. The first kappa shape index (κ1) is 8.51. The van der Waals surface area contributed by atoms with Crippen molar-refractivity contribution in [3.8, 4) is 5.75 Å². The average molecular weight is 179 g/mol. The highest BCUT2D eigenvalue weighted by atomic mass is 16.5. The Labute approximate surface area is 77.7 Å². The SMILES string of the molecule is Cc1ccncc1OCC1CCO1. The first-order chi connectivity index (χ1) is 6.36. The minimum Gasteiger partial charge on any atom is -0.489 e. The van der Waals surface area contributed by atoms with Gasteiger partial charge in [-0.3, -0.25) is 4.98 Å². The third-order valence-corrected chi connectivity index (χ3v) is 2.21. The topological polar surface area (TPSA) is 31.4 Å². The van der Waals surface area contributed by atoms with Gasteiger partial charge in [-0.25, -0.2) is 0 Å². The van der Waals surface area contributed by atoms with Crippen molar-refractivity contribution in [2.24, 2.45) is 0 Å². The molecule has 0 saturated carbocycles. The molecule has 0 bridgehead atoms. The summed E-state index contributed by atoms with van der Waals surface area (Å²) in [5.74, 6) is 0.859. The molecule has 1 atom stereocenters. The highest BCUT2D eigenvalue weighted by Gasteiger charge is 2.18. The zero-order valence-electron chi connectivity index (χ0n) is 7.69. The molecule has 0 radical (unpaired) electrons. The van der Waals surface area contributed by atoms with Crippen LogP contribution in [0.1, 0.15) is 12.0 Å². The van der Waals surface area contributed by atoms with Gasteiger partial charge >= 0.3 is 0 Å². The van der Waals surface area contributed by atoms with Gasteiger partial charge in [0.05, 0.1) is 12.3 Å². The van der Waals surface area contributed by atoms with E-state index in [1.807, 2.05) is 13.0 Å². The molecule has 1 aliphatic heterocycles. The van der Waals surface area contributed by atoms with E-state index in [4.69, 9.17) is 9.47 Å². The number of hydrogen-bond donors (Lipinski definition) is 0. The Morgan fingerprint density at radius 3 is 3.15 bits per heavy atom. The molecule has 13 heavy (non-hydrogen) atoms. The zero-order chi connectivity index (χ0) is 9.10. The molecule has 3 nitrogen and oxygen atoms in total. The number of aromatic nitrogens is 1. The van der Waals surface area contributed by atoms with Crippen molar-refractivity contribution in [1.82, 2.24) is 4.98 Å². The van der Waals surface area contributed by atoms with Gasteiger partial charge in [-0.2, -0.15) is 0 Å². The van der Waals surface area contributed by atoms with E-state index in [-0.39, 0.29) is 0 Å². The Bertz CT molecular complexity index is 284. The third-order valence-electron chi connectivity index (χ3n) is 2.21. The van der Waals surface area contributed by atoms with Crippen molar-refractivity contribution in [2.75, 3.05) is 13.2 Å². The van der Waals surface area contributed by atoms with Crippen LogP contribution in [0.5, 0.6) is 5.75 Å². The van der Waals surface area contributed by atoms with Crippen LogP contribution < -0.4 is 4.74 Å². The molecule has 1 aromatic heterocycles. The predicted molar refractivity (Wildman–Crippen MR) is 48.8 cm³/mol. The molecule has 0 amide bonds. The molecule has 2 heterocycles. The molecule has 1 unspecified atom stereocenters. The van der Waals surface area contributed by atoms with Gasteiger partial charge in [-0.05, 0) is 18.6 Å². The van der Waals surface area contributed by atoms with E-state index in [2.05, 4.69) is 4.98 Å². The summed E-state index contributed by atoms with van der Waals surface area (Å²) in [6, 6.07) is 1.94. The van der Waals surface area contributed by atoms with E-state index < -0.39 is 0 Å². The summed E-state index contributed by atoms with van der Waals surface area (Å²) >= 11 is 0. The van der Waals surface area contributed by atoms with Crippen LogP contribution in [0.25, 0.3) is 0 Å². The Balaban J connectivity index is 1.89. The van der Waals surface area contributed by atoms with Crippen LogP contribution in [0.3, 0.4) is 0 Å². The number of ether oxygens (including phenoxy) is 2. The molecule has 3 heteroatoms. The van der Waals surface area contributed by atoms with Crippen LogP contribution in [0, 0.1) is 6.92 Å². The van der Waals surface area contributed by atoms with E-state index in [1.54, 1.807) is 12.4 Å². The van der Waals surface area contributed by atoms with Crippen LogP contribution in [-0.2, 0) is 4.74 Å². The fraction of sp³-hybridized carbons (Fsp3) is 0.500. The highest BCUT2D eigenvalue weighted by Crippen LogP contribution is 2.17. The second-order valence-corrected chi connectivity index (χ2v) is 3.23. The Morgan fingerprint density at radius 2 is 2.54 bits per heavy atom. The number of nitrogens with zero attached hydrogens (tertiary/aromatic N) is 1. The summed E-state index contributed by atoms with van der Waals surface area (Å²) < 4.78 is 10.8. The van der Waals surface area contributed by atoms with E-state index >= 15 is 0 Å². The van der Waals surface area contributed by atoms with Gasteiger partial charge in [0.2, 0.25) is 0 Å². The first-order valence-electron chi connectivity index (χ1n) is 4.51. The van der Waals surface area contributed by atoms with Crippen LogP contribution in [-0.4, -0.2) is 24.3 Å². The molecule has 2 rings (SSSR count). The van der Waals surface area contributed by atoms with Gasteiger partial charge < -0.3 is 9.47 Å². The zero-order valence-corrected chi connectivity index (χ0v) is 7.69. The second kappa shape index (κ2) is 3.75. The highest BCUT2D eigenvalue weighted by molar-refractivity contribution is 5.27. The van der Waals surface area contributed by atoms with Crippen LogP contribution in [0.15, 0.2) is 18.5 Å². The Morgan fingerprint density at radius 1 is 1.69 bits per heavy atom. The Kier molecular flexibility index (Phi) is 2.45. The van der Waals surface area contributed by atoms with Crippen LogP contribution >= 0.6 is 0 Å². The maximum absolute atomic E-state index is 5.55. The lowest BCUT2D eigenvalue weighted by molar-refractivity contribution is -0.0722. The quantitative estimate of drug-likeness (QED) is 0.705. The molecule has 1 aromatic rings. The van der Waals surface area contributed by atoms with E-state index in [0.29, 0.717) is 12.7 Å². The summed E-state index contributed by atoms with van der Waals surface area (Å²) in [4.78, 5) is 4.00. The Hall–Kier alpha value is -1.09. The molecular weight excluding hydrogens is 166 g/mol. The monoisotopic (exact) mass is 179 g/mol. The van der Waals surface area contributed by atoms with Gasteiger partial charge in [-0.1, -0.05) is 0 Å². The average Bonchev–Trinajstić information content (AvgIpc) is 2.05. The van der Waals surface area contributed by atoms with Crippen LogP contribution in [0.4, 0.5) is 0 Å². The summed E-state index contributed by atoms with van der Waals surface area (Å²) in [6.45, 7) is 3.53. The summed E-state index contributed by atoms with van der Waals surface area (Å²) in [6.07, 6.45) is 4.91. The number of aryl methyl sites for hydroxylation is 1. The largest absolute Gasteiger partial charge is 0.489 e. The molecule has 0 aromatic carbocycles. The van der Waals surface area contributed by atoms with Crippen molar-refractivity contribution < 1.29 is 9.47 Å². The first-order valence-corrected chi connectivity index (χ1v) is 4.51. The molecular formula is C10H13NO2. The van der Waals surface area contributed by atoms with E-state index in [1.165, 1.54) is 0 Å². The van der Waals surface area contributed by atoms with Gasteiger partial charge in [0.1, 0.15) is 12.4 Å². The van der Waals surface area contributed by atoms with Crippen molar-refractivity contribution in [1.29, 1.82) is 0 Å². The normalized spacial score (nSPS) is 20.8.